The molecule has 0 aromatic heterocycles. The molecule has 20 heavy (non-hydrogen) atoms. The van der Waals surface area contributed by atoms with Crippen LogP contribution in [0.4, 0.5) is 0 Å². The van der Waals surface area contributed by atoms with E-state index < -0.39 is 10.0 Å². The predicted molar refractivity (Wildman–Crippen MR) is 81.1 cm³/mol. The second kappa shape index (κ2) is 6.95. The Balaban J connectivity index is 0.00000200. The molecule has 2 rings (SSSR count). The highest BCUT2D eigenvalue weighted by Gasteiger charge is 2.33. The van der Waals surface area contributed by atoms with E-state index in [1.165, 1.54) is 25.3 Å². The fourth-order valence-corrected chi connectivity index (χ4v) is 3.58. The number of hydrogen-bond acceptors (Lipinski definition) is 4. The number of hydrogen-bond donors (Lipinski definition) is 2. The van der Waals surface area contributed by atoms with E-state index in [-0.39, 0.29) is 28.4 Å². The maximum absolute atomic E-state index is 12.2. The first kappa shape index (κ1) is 17.5. The van der Waals surface area contributed by atoms with Gasteiger partial charge in [0, 0.05) is 12.6 Å². The van der Waals surface area contributed by atoms with Gasteiger partial charge < -0.3 is 10.5 Å². The van der Waals surface area contributed by atoms with Crippen LogP contribution in [0.5, 0.6) is 5.75 Å². The average molecular weight is 341 g/mol. The zero-order valence-corrected chi connectivity index (χ0v) is 13.4. The molecule has 5 nitrogen and oxygen atoms in total. The Morgan fingerprint density at radius 2 is 2.15 bits per heavy atom. The Kier molecular flexibility index (Phi) is 6.09. The van der Waals surface area contributed by atoms with Crippen LogP contribution in [0.25, 0.3) is 0 Å². The van der Waals surface area contributed by atoms with E-state index in [1.807, 2.05) is 0 Å². The highest BCUT2D eigenvalue weighted by molar-refractivity contribution is 7.89. The molecule has 114 valence electrons. The number of benzene rings is 1. The highest BCUT2D eigenvalue weighted by atomic mass is 35.5. The lowest BCUT2D eigenvalue weighted by molar-refractivity contribution is 0.414. The molecule has 0 radical (unpaired) electrons. The van der Waals surface area contributed by atoms with Crippen LogP contribution in [0.3, 0.4) is 0 Å². The molecule has 1 aromatic carbocycles. The van der Waals surface area contributed by atoms with Gasteiger partial charge in [0.15, 0.2) is 0 Å². The highest BCUT2D eigenvalue weighted by Crippen LogP contribution is 2.33. The second-order valence-corrected chi connectivity index (χ2v) is 6.72. The first-order valence-electron chi connectivity index (χ1n) is 6.04. The monoisotopic (exact) mass is 340 g/mol. The molecule has 1 saturated carbocycles. The van der Waals surface area contributed by atoms with Crippen LogP contribution in [-0.2, 0) is 10.0 Å². The lowest BCUT2D eigenvalue weighted by Gasteiger charge is -2.16. The van der Waals surface area contributed by atoms with Crippen LogP contribution >= 0.6 is 24.0 Å². The summed E-state index contributed by atoms with van der Waals surface area (Å²) in [6, 6.07) is 4.17. The van der Waals surface area contributed by atoms with E-state index in [0.29, 0.717) is 18.2 Å². The first-order valence-corrected chi connectivity index (χ1v) is 7.90. The normalized spacial score (nSPS) is 16.4. The van der Waals surface area contributed by atoms with E-state index in [1.54, 1.807) is 0 Å². The fourth-order valence-electron chi connectivity index (χ4n) is 1.92. The summed E-state index contributed by atoms with van der Waals surface area (Å²) in [4.78, 5) is 0.123. The molecule has 0 bridgehead atoms. The van der Waals surface area contributed by atoms with Gasteiger partial charge in [0.1, 0.15) is 5.75 Å². The van der Waals surface area contributed by atoms with Crippen molar-refractivity contribution in [3.63, 3.8) is 0 Å². The summed E-state index contributed by atoms with van der Waals surface area (Å²) >= 11 is 5.94. The number of halogens is 2. The third-order valence-corrected chi connectivity index (χ3v) is 4.97. The zero-order valence-electron chi connectivity index (χ0n) is 11.0. The van der Waals surface area contributed by atoms with Gasteiger partial charge in [0.05, 0.1) is 17.0 Å². The van der Waals surface area contributed by atoms with Crippen molar-refractivity contribution >= 4 is 34.0 Å². The van der Waals surface area contributed by atoms with Gasteiger partial charge in [-0.2, -0.15) is 0 Å². The van der Waals surface area contributed by atoms with E-state index >= 15 is 0 Å². The molecule has 0 heterocycles. The minimum absolute atomic E-state index is 0. The summed E-state index contributed by atoms with van der Waals surface area (Å²) in [5.74, 6) is 0.798. The Morgan fingerprint density at radius 1 is 1.50 bits per heavy atom. The molecule has 1 atom stereocenters. The maximum atomic E-state index is 12.2. The third-order valence-electron chi connectivity index (χ3n) is 3.19. The summed E-state index contributed by atoms with van der Waals surface area (Å²) < 4.78 is 32.1. The Bertz CT molecular complexity index is 562. The Labute approximate surface area is 130 Å². The van der Waals surface area contributed by atoms with Crippen LogP contribution < -0.4 is 15.2 Å². The second-order valence-electron chi connectivity index (χ2n) is 4.60. The summed E-state index contributed by atoms with van der Waals surface area (Å²) in [5, 5.41) is 0.265. The maximum Gasteiger partial charge on any atom is 0.240 e. The molecule has 8 heteroatoms. The number of sulfonamides is 1. The van der Waals surface area contributed by atoms with Gasteiger partial charge in [-0.3, -0.25) is 0 Å². The fraction of sp³-hybridized carbons (Fsp3) is 0.500. The molecule has 0 aliphatic heterocycles. The Morgan fingerprint density at radius 3 is 2.60 bits per heavy atom. The van der Waals surface area contributed by atoms with E-state index in [2.05, 4.69) is 4.72 Å². The lowest BCUT2D eigenvalue weighted by Crippen LogP contribution is -2.41. The molecule has 1 aliphatic rings. The largest absolute Gasteiger partial charge is 0.495 e. The molecular weight excluding hydrogens is 323 g/mol. The van der Waals surface area contributed by atoms with Gasteiger partial charge >= 0.3 is 0 Å². The standard InChI is InChI=1S/C12H17ClN2O3S.ClH/c1-18-12-5-4-9(6-10(12)13)19(16,17)15-11(7-14)8-2-3-8;/h4-6,8,11,15H,2-3,7,14H2,1H3;1H. The quantitative estimate of drug-likeness (QED) is 0.827. The van der Waals surface area contributed by atoms with Gasteiger partial charge in [0.2, 0.25) is 10.0 Å². The van der Waals surface area contributed by atoms with E-state index in [9.17, 15) is 8.42 Å². The zero-order chi connectivity index (χ0) is 14.0. The van der Waals surface area contributed by atoms with Crippen LogP contribution in [0.2, 0.25) is 5.02 Å². The molecule has 0 spiro atoms. The molecule has 1 unspecified atom stereocenters. The average Bonchev–Trinajstić information content (AvgIpc) is 3.20. The van der Waals surface area contributed by atoms with E-state index in [0.717, 1.165) is 12.8 Å². The Hall–Kier alpha value is -0.530. The number of methoxy groups -OCH3 is 1. The third kappa shape index (κ3) is 3.99. The molecule has 1 fully saturated rings. The SMILES string of the molecule is COc1ccc(S(=O)(=O)NC(CN)C2CC2)cc1Cl.Cl. The van der Waals surface area contributed by atoms with E-state index in [4.69, 9.17) is 22.1 Å². The van der Waals surface area contributed by atoms with Gasteiger partial charge in [-0.15, -0.1) is 12.4 Å². The van der Waals surface area contributed by atoms with Gasteiger partial charge in [-0.05, 0) is 37.0 Å². The van der Waals surface area contributed by atoms with Gasteiger partial charge in [-0.1, -0.05) is 11.6 Å². The molecule has 1 aliphatic carbocycles. The van der Waals surface area contributed by atoms with Crippen molar-refractivity contribution in [2.45, 2.75) is 23.8 Å². The smallest absolute Gasteiger partial charge is 0.240 e. The summed E-state index contributed by atoms with van der Waals surface area (Å²) in [5.41, 5.74) is 5.60. The number of rotatable bonds is 6. The van der Waals surface area contributed by atoms with Crippen molar-refractivity contribution < 1.29 is 13.2 Å². The van der Waals surface area contributed by atoms with Crippen LogP contribution in [0.15, 0.2) is 23.1 Å². The van der Waals surface area contributed by atoms with Crippen LogP contribution in [-0.4, -0.2) is 28.1 Å². The van der Waals surface area contributed by atoms with Crippen molar-refractivity contribution in [2.24, 2.45) is 11.7 Å². The number of ether oxygens (including phenoxy) is 1. The molecule has 1 aromatic rings. The van der Waals surface area contributed by atoms with Crippen molar-refractivity contribution in [1.29, 1.82) is 0 Å². The summed E-state index contributed by atoms with van der Waals surface area (Å²) in [7, 11) is -2.12. The van der Waals surface area contributed by atoms with Crippen molar-refractivity contribution in [3.05, 3.63) is 23.2 Å². The van der Waals surface area contributed by atoms with Crippen molar-refractivity contribution in [1.82, 2.24) is 4.72 Å². The minimum atomic E-state index is -3.59. The molecule has 0 saturated heterocycles. The van der Waals surface area contributed by atoms with Crippen LogP contribution in [0.1, 0.15) is 12.8 Å². The summed E-state index contributed by atoms with van der Waals surface area (Å²) in [6.45, 7) is 0.299. The molecule has 3 N–H and O–H groups in total. The van der Waals surface area contributed by atoms with Crippen LogP contribution in [0, 0.1) is 5.92 Å². The number of nitrogens with one attached hydrogen (secondary N) is 1. The van der Waals surface area contributed by atoms with Gasteiger partial charge in [0.25, 0.3) is 0 Å². The van der Waals surface area contributed by atoms with Gasteiger partial charge in [-0.25, -0.2) is 13.1 Å². The predicted octanol–water partition coefficient (Wildman–Crippen LogP) is 1.79. The van der Waals surface area contributed by atoms with Crippen molar-refractivity contribution in [2.75, 3.05) is 13.7 Å². The summed E-state index contributed by atoms with van der Waals surface area (Å²) in [6.07, 6.45) is 2.04. The lowest BCUT2D eigenvalue weighted by atomic mass is 10.2. The minimum Gasteiger partial charge on any atom is -0.495 e. The van der Waals surface area contributed by atoms with Crippen molar-refractivity contribution in [3.8, 4) is 5.75 Å². The molecule has 0 amide bonds. The molecular formula is C12H18Cl2N2O3S. The number of nitrogens with two attached hydrogens (primary N) is 1. The first-order chi connectivity index (χ1) is 8.97. The topological polar surface area (TPSA) is 81.4 Å².